The van der Waals surface area contributed by atoms with Crippen LogP contribution in [0.3, 0.4) is 0 Å². The number of benzene rings is 1. The first-order chi connectivity index (χ1) is 9.97. The number of esters is 1. The van der Waals surface area contributed by atoms with E-state index < -0.39 is 17.3 Å². The molecule has 2 rings (SSSR count). The van der Waals surface area contributed by atoms with Crippen LogP contribution < -0.4 is 5.32 Å². The van der Waals surface area contributed by atoms with Crippen molar-refractivity contribution in [3.8, 4) is 0 Å². The molecule has 2 unspecified atom stereocenters. The first-order valence-corrected chi connectivity index (χ1v) is 7.25. The summed E-state index contributed by atoms with van der Waals surface area (Å²) in [6.45, 7) is 2.91. The smallest absolute Gasteiger partial charge is 0.330 e. The van der Waals surface area contributed by atoms with E-state index in [9.17, 15) is 9.18 Å². The van der Waals surface area contributed by atoms with Crippen molar-refractivity contribution in [1.29, 1.82) is 0 Å². The number of carbonyl (C=O) groups excluding carboxylic acids is 1. The van der Waals surface area contributed by atoms with Gasteiger partial charge in [-0.25, -0.2) is 9.18 Å². The van der Waals surface area contributed by atoms with Gasteiger partial charge in [0.05, 0.1) is 13.2 Å². The first kappa shape index (κ1) is 16.2. The molecule has 21 heavy (non-hydrogen) atoms. The summed E-state index contributed by atoms with van der Waals surface area (Å²) < 4.78 is 23.6. The number of methoxy groups -OCH3 is 1. The van der Waals surface area contributed by atoms with Gasteiger partial charge in [-0.2, -0.15) is 0 Å². The predicted molar refractivity (Wildman–Crippen MR) is 77.8 cm³/mol. The normalized spacial score (nSPS) is 21.0. The van der Waals surface area contributed by atoms with Crippen molar-refractivity contribution in [2.24, 2.45) is 0 Å². The second-order valence-electron chi connectivity index (χ2n) is 5.26. The maximum atomic E-state index is 13.2. The maximum absolute atomic E-state index is 13.2. The molecule has 1 saturated heterocycles. The molecule has 0 aliphatic carbocycles. The van der Waals surface area contributed by atoms with Crippen molar-refractivity contribution in [3.05, 3.63) is 34.6 Å². The third kappa shape index (κ3) is 3.54. The lowest BCUT2D eigenvalue weighted by atomic mass is 9.91. The van der Waals surface area contributed by atoms with Crippen LogP contribution in [0.25, 0.3) is 0 Å². The number of ether oxygens (including phenoxy) is 2. The summed E-state index contributed by atoms with van der Waals surface area (Å²) in [6, 6.07) is 3.96. The highest BCUT2D eigenvalue weighted by Crippen LogP contribution is 2.30. The van der Waals surface area contributed by atoms with Gasteiger partial charge < -0.3 is 9.47 Å². The van der Waals surface area contributed by atoms with Gasteiger partial charge in [0.25, 0.3) is 0 Å². The lowest BCUT2D eigenvalue weighted by molar-refractivity contribution is -0.148. The fourth-order valence-corrected chi connectivity index (χ4v) is 2.86. The molecule has 2 atom stereocenters. The predicted octanol–water partition coefficient (Wildman–Crippen LogP) is 2.64. The molecule has 1 aliphatic rings. The topological polar surface area (TPSA) is 47.6 Å². The van der Waals surface area contributed by atoms with Crippen LogP contribution in [0, 0.1) is 5.82 Å². The Balaban J connectivity index is 2.24. The molecule has 1 aliphatic heterocycles. The zero-order valence-corrected chi connectivity index (χ0v) is 12.9. The van der Waals surface area contributed by atoms with E-state index in [1.807, 2.05) is 0 Å². The fraction of sp³-hybridized carbons (Fsp3) is 0.533. The number of halogens is 2. The quantitative estimate of drug-likeness (QED) is 0.849. The highest BCUT2D eigenvalue weighted by molar-refractivity contribution is 6.31. The highest BCUT2D eigenvalue weighted by atomic mass is 35.5. The summed E-state index contributed by atoms with van der Waals surface area (Å²) in [5.41, 5.74) is -0.665. The average molecular weight is 316 g/mol. The van der Waals surface area contributed by atoms with Gasteiger partial charge in [-0.05, 0) is 31.9 Å². The van der Waals surface area contributed by atoms with E-state index in [4.69, 9.17) is 21.1 Å². The van der Waals surface area contributed by atoms with Crippen molar-refractivity contribution in [3.63, 3.8) is 0 Å². The molecule has 0 spiro atoms. The van der Waals surface area contributed by atoms with Crippen LogP contribution >= 0.6 is 11.6 Å². The Kier molecular flexibility index (Phi) is 5.19. The molecule has 6 heteroatoms. The summed E-state index contributed by atoms with van der Waals surface area (Å²) >= 11 is 6.09. The summed E-state index contributed by atoms with van der Waals surface area (Å²) in [4.78, 5) is 12.2. The summed E-state index contributed by atoms with van der Waals surface area (Å²) in [7, 11) is 1.31. The van der Waals surface area contributed by atoms with Gasteiger partial charge in [0.15, 0.2) is 0 Å². The van der Waals surface area contributed by atoms with Crippen LogP contribution in [0.4, 0.5) is 4.39 Å². The van der Waals surface area contributed by atoms with E-state index in [2.05, 4.69) is 5.32 Å². The Morgan fingerprint density at radius 1 is 1.62 bits per heavy atom. The van der Waals surface area contributed by atoms with Crippen molar-refractivity contribution in [2.45, 2.75) is 31.4 Å². The standard InChI is InChI=1S/C15H19ClFNO3/c1-15(14(19)20-2,18-9-11-4-3-7-21-11)12-6-5-10(17)8-13(12)16/h5-6,8,11,18H,3-4,7,9H2,1-2H3. The second-order valence-corrected chi connectivity index (χ2v) is 5.66. The Labute approximate surface area is 128 Å². The van der Waals surface area contributed by atoms with Gasteiger partial charge in [-0.1, -0.05) is 17.7 Å². The molecule has 0 bridgehead atoms. The summed E-state index contributed by atoms with van der Waals surface area (Å²) in [5, 5.41) is 3.34. The summed E-state index contributed by atoms with van der Waals surface area (Å²) in [6.07, 6.45) is 2.02. The van der Waals surface area contributed by atoms with Gasteiger partial charge in [0.1, 0.15) is 11.4 Å². The maximum Gasteiger partial charge on any atom is 0.330 e. The van der Waals surface area contributed by atoms with E-state index in [1.165, 1.54) is 25.3 Å². The molecule has 4 nitrogen and oxygen atoms in total. The summed E-state index contributed by atoms with van der Waals surface area (Å²) in [5.74, 6) is -0.927. The Morgan fingerprint density at radius 2 is 2.38 bits per heavy atom. The zero-order valence-electron chi connectivity index (χ0n) is 12.1. The van der Waals surface area contributed by atoms with E-state index in [1.54, 1.807) is 6.92 Å². The number of carbonyl (C=O) groups is 1. The third-order valence-electron chi connectivity index (χ3n) is 3.77. The molecule has 1 N–H and O–H groups in total. The molecule has 116 valence electrons. The first-order valence-electron chi connectivity index (χ1n) is 6.88. The molecule has 1 aromatic carbocycles. The minimum absolute atomic E-state index is 0.0632. The zero-order chi connectivity index (χ0) is 15.5. The largest absolute Gasteiger partial charge is 0.467 e. The van der Waals surface area contributed by atoms with Crippen molar-refractivity contribution in [1.82, 2.24) is 5.32 Å². The Hall–Kier alpha value is -1.17. The fourth-order valence-electron chi connectivity index (χ4n) is 2.50. The minimum Gasteiger partial charge on any atom is -0.467 e. The highest BCUT2D eigenvalue weighted by Gasteiger charge is 2.38. The second kappa shape index (κ2) is 6.73. The van der Waals surface area contributed by atoms with Crippen LogP contribution in [-0.4, -0.2) is 32.3 Å². The monoisotopic (exact) mass is 315 g/mol. The van der Waals surface area contributed by atoms with Gasteiger partial charge in [0, 0.05) is 23.7 Å². The number of nitrogens with one attached hydrogen (secondary N) is 1. The van der Waals surface area contributed by atoms with E-state index in [0.29, 0.717) is 12.1 Å². The van der Waals surface area contributed by atoms with Gasteiger partial charge in [-0.3, -0.25) is 5.32 Å². The van der Waals surface area contributed by atoms with Crippen molar-refractivity contribution < 1.29 is 18.7 Å². The lowest BCUT2D eigenvalue weighted by Gasteiger charge is -2.30. The van der Waals surface area contributed by atoms with E-state index >= 15 is 0 Å². The molecule has 1 heterocycles. The minimum atomic E-state index is -1.15. The van der Waals surface area contributed by atoms with Gasteiger partial charge >= 0.3 is 5.97 Å². The lowest BCUT2D eigenvalue weighted by Crippen LogP contribution is -2.50. The molecule has 0 aromatic heterocycles. The number of rotatable bonds is 5. The van der Waals surface area contributed by atoms with Crippen molar-refractivity contribution in [2.75, 3.05) is 20.3 Å². The molecular formula is C15H19ClFNO3. The van der Waals surface area contributed by atoms with Crippen LogP contribution in [0.5, 0.6) is 0 Å². The average Bonchev–Trinajstić information content (AvgIpc) is 2.97. The van der Waals surface area contributed by atoms with Crippen LogP contribution in [0.15, 0.2) is 18.2 Å². The van der Waals surface area contributed by atoms with Crippen LogP contribution in [-0.2, 0) is 19.8 Å². The molecule has 1 fully saturated rings. The van der Waals surface area contributed by atoms with E-state index in [0.717, 1.165) is 19.4 Å². The van der Waals surface area contributed by atoms with Gasteiger partial charge in [0.2, 0.25) is 0 Å². The molecule has 0 amide bonds. The SMILES string of the molecule is COC(=O)C(C)(NCC1CCCO1)c1ccc(F)cc1Cl. The Bertz CT molecular complexity index is 520. The Morgan fingerprint density at radius 3 is 2.95 bits per heavy atom. The van der Waals surface area contributed by atoms with Crippen molar-refractivity contribution >= 4 is 17.6 Å². The molecule has 1 aromatic rings. The van der Waals surface area contributed by atoms with Crippen LogP contribution in [0.2, 0.25) is 5.02 Å². The van der Waals surface area contributed by atoms with E-state index in [-0.39, 0.29) is 11.1 Å². The number of hydrogen-bond acceptors (Lipinski definition) is 4. The van der Waals surface area contributed by atoms with Crippen LogP contribution in [0.1, 0.15) is 25.3 Å². The third-order valence-corrected chi connectivity index (χ3v) is 4.08. The van der Waals surface area contributed by atoms with Gasteiger partial charge in [-0.15, -0.1) is 0 Å². The number of hydrogen-bond donors (Lipinski definition) is 1. The molecule has 0 radical (unpaired) electrons. The molecule has 0 saturated carbocycles. The molecular weight excluding hydrogens is 297 g/mol.